The fraction of sp³-hybridized carbons (Fsp3) is 0.474. The van der Waals surface area contributed by atoms with E-state index in [1.807, 2.05) is 12.1 Å². The number of hydrogen-bond donors (Lipinski definition) is 3. The second-order valence-corrected chi connectivity index (χ2v) is 6.97. The van der Waals surface area contributed by atoms with E-state index in [0.717, 1.165) is 68.2 Å². The van der Waals surface area contributed by atoms with Gasteiger partial charge in [0.15, 0.2) is 0 Å². The van der Waals surface area contributed by atoms with E-state index >= 15 is 0 Å². The first-order chi connectivity index (χ1) is 12.2. The fourth-order valence-electron chi connectivity index (χ4n) is 4.09. The van der Waals surface area contributed by atoms with Gasteiger partial charge in [0.2, 0.25) is 5.95 Å². The lowest BCUT2D eigenvalue weighted by Crippen LogP contribution is -2.44. The van der Waals surface area contributed by atoms with Gasteiger partial charge in [0.1, 0.15) is 5.82 Å². The molecule has 132 valence electrons. The zero-order chi connectivity index (χ0) is 17.4. The molecule has 4 rings (SSSR count). The Morgan fingerprint density at radius 3 is 2.76 bits per heavy atom. The van der Waals surface area contributed by atoms with Crippen molar-refractivity contribution in [2.24, 2.45) is 0 Å². The Balaban J connectivity index is 1.95. The van der Waals surface area contributed by atoms with E-state index in [0.29, 0.717) is 11.9 Å². The monoisotopic (exact) mass is 338 g/mol. The predicted molar refractivity (Wildman–Crippen MR) is 103 cm³/mol. The summed E-state index contributed by atoms with van der Waals surface area (Å²) in [6.07, 6.45) is 3.21. The molecule has 1 aliphatic carbocycles. The van der Waals surface area contributed by atoms with Gasteiger partial charge in [0, 0.05) is 43.0 Å². The summed E-state index contributed by atoms with van der Waals surface area (Å²) in [7, 11) is 0. The van der Waals surface area contributed by atoms with E-state index in [1.54, 1.807) is 0 Å². The quantitative estimate of drug-likeness (QED) is 0.727. The summed E-state index contributed by atoms with van der Waals surface area (Å²) >= 11 is 0. The molecule has 2 aliphatic rings. The molecule has 1 aromatic carbocycles. The van der Waals surface area contributed by atoms with Crippen LogP contribution >= 0.6 is 0 Å². The maximum Gasteiger partial charge on any atom is 0.222 e. The highest BCUT2D eigenvalue weighted by atomic mass is 15.2. The second-order valence-electron chi connectivity index (χ2n) is 6.97. The van der Waals surface area contributed by atoms with Crippen LogP contribution in [0.15, 0.2) is 18.2 Å². The summed E-state index contributed by atoms with van der Waals surface area (Å²) in [6, 6.07) is 6.15. The van der Waals surface area contributed by atoms with Crippen molar-refractivity contribution >= 4 is 17.5 Å². The Labute approximate surface area is 148 Å². The van der Waals surface area contributed by atoms with Crippen molar-refractivity contribution in [2.75, 3.05) is 42.5 Å². The largest absolute Gasteiger partial charge is 0.399 e. The minimum atomic E-state index is 0.345. The van der Waals surface area contributed by atoms with Gasteiger partial charge in [-0.05, 0) is 42.9 Å². The summed E-state index contributed by atoms with van der Waals surface area (Å²) < 4.78 is 0. The standard InChI is InChI=1S/C19H26N6/c1-2-12-3-4-13-5-6-14(20)11-15(13)17-16(12)18(24-19(21)23-17)25-9-7-22-8-10-25/h5-6,11-12,22H,2-4,7-10,20H2,1H3,(H2,21,23,24). The maximum atomic E-state index is 6.13. The highest BCUT2D eigenvalue weighted by molar-refractivity contribution is 5.77. The van der Waals surface area contributed by atoms with E-state index < -0.39 is 0 Å². The van der Waals surface area contributed by atoms with Gasteiger partial charge in [0.25, 0.3) is 0 Å². The Morgan fingerprint density at radius 1 is 1.20 bits per heavy atom. The number of benzene rings is 1. The normalized spacial score (nSPS) is 19.9. The Hall–Kier alpha value is -2.34. The maximum absolute atomic E-state index is 6.13. The molecule has 25 heavy (non-hydrogen) atoms. The molecule has 1 fully saturated rings. The van der Waals surface area contributed by atoms with Crippen LogP contribution in [0.3, 0.4) is 0 Å². The number of nitrogens with two attached hydrogens (primary N) is 2. The molecular weight excluding hydrogens is 312 g/mol. The van der Waals surface area contributed by atoms with Crippen LogP contribution in [-0.4, -0.2) is 36.1 Å². The lowest BCUT2D eigenvalue weighted by molar-refractivity contribution is 0.570. The van der Waals surface area contributed by atoms with Crippen LogP contribution in [0.2, 0.25) is 0 Å². The number of fused-ring (bicyclic) bond motifs is 3. The van der Waals surface area contributed by atoms with E-state index in [9.17, 15) is 0 Å². The SMILES string of the molecule is CCC1CCc2ccc(N)cc2-c2nc(N)nc(N3CCNCC3)c21. The fourth-order valence-corrected chi connectivity index (χ4v) is 4.09. The van der Waals surface area contributed by atoms with E-state index in [2.05, 4.69) is 33.2 Å². The lowest BCUT2D eigenvalue weighted by Gasteiger charge is -2.32. The molecule has 0 spiro atoms. The topological polar surface area (TPSA) is 93.1 Å². The smallest absolute Gasteiger partial charge is 0.222 e. The van der Waals surface area contributed by atoms with Crippen molar-refractivity contribution in [1.29, 1.82) is 0 Å². The Kier molecular flexibility index (Phi) is 4.21. The molecule has 0 radical (unpaired) electrons. The van der Waals surface area contributed by atoms with Gasteiger partial charge in [-0.1, -0.05) is 13.0 Å². The van der Waals surface area contributed by atoms with Crippen molar-refractivity contribution in [3.63, 3.8) is 0 Å². The number of piperazine rings is 1. The van der Waals surface area contributed by atoms with Crippen molar-refractivity contribution in [3.8, 4) is 11.3 Å². The van der Waals surface area contributed by atoms with Crippen molar-refractivity contribution in [3.05, 3.63) is 29.3 Å². The average Bonchev–Trinajstić information content (AvgIpc) is 2.78. The highest BCUT2D eigenvalue weighted by Gasteiger charge is 2.29. The molecule has 0 amide bonds. The van der Waals surface area contributed by atoms with E-state index in [4.69, 9.17) is 11.5 Å². The van der Waals surface area contributed by atoms with Gasteiger partial charge < -0.3 is 21.7 Å². The highest BCUT2D eigenvalue weighted by Crippen LogP contribution is 2.43. The van der Waals surface area contributed by atoms with E-state index in [-0.39, 0.29) is 0 Å². The minimum Gasteiger partial charge on any atom is -0.399 e. The number of nitrogens with zero attached hydrogens (tertiary/aromatic N) is 3. The van der Waals surface area contributed by atoms with Crippen molar-refractivity contribution < 1.29 is 0 Å². The molecule has 1 unspecified atom stereocenters. The predicted octanol–water partition coefficient (Wildman–Crippen LogP) is 2.16. The van der Waals surface area contributed by atoms with E-state index in [1.165, 1.54) is 11.1 Å². The first kappa shape index (κ1) is 16.1. The molecule has 6 heteroatoms. The van der Waals surface area contributed by atoms with Gasteiger partial charge >= 0.3 is 0 Å². The summed E-state index contributed by atoms with van der Waals surface area (Å²) in [5, 5.41) is 3.41. The van der Waals surface area contributed by atoms with Gasteiger partial charge in [-0.15, -0.1) is 0 Å². The molecule has 1 aliphatic heterocycles. The first-order valence-electron chi connectivity index (χ1n) is 9.19. The second kappa shape index (κ2) is 6.52. The third-order valence-electron chi connectivity index (χ3n) is 5.41. The van der Waals surface area contributed by atoms with Crippen LogP contribution < -0.4 is 21.7 Å². The number of aromatic nitrogens is 2. The minimum absolute atomic E-state index is 0.345. The molecule has 2 aromatic rings. The van der Waals surface area contributed by atoms with Gasteiger partial charge in [-0.2, -0.15) is 4.98 Å². The third kappa shape index (κ3) is 2.91. The van der Waals surface area contributed by atoms with Crippen molar-refractivity contribution in [1.82, 2.24) is 15.3 Å². The number of hydrogen-bond acceptors (Lipinski definition) is 6. The average molecular weight is 338 g/mol. The summed E-state index contributed by atoms with van der Waals surface area (Å²) in [4.78, 5) is 11.7. The third-order valence-corrected chi connectivity index (χ3v) is 5.41. The Bertz CT molecular complexity index is 782. The van der Waals surface area contributed by atoms with Crippen LogP contribution in [0.1, 0.15) is 36.8 Å². The summed E-state index contributed by atoms with van der Waals surface area (Å²) in [5.74, 6) is 1.80. The molecule has 0 bridgehead atoms. The molecule has 5 N–H and O–H groups in total. The number of nitrogen functional groups attached to an aromatic ring is 2. The molecule has 2 heterocycles. The van der Waals surface area contributed by atoms with Crippen LogP contribution in [0, 0.1) is 0 Å². The van der Waals surface area contributed by atoms with Crippen LogP contribution in [-0.2, 0) is 6.42 Å². The van der Waals surface area contributed by atoms with Crippen LogP contribution in [0.4, 0.5) is 17.5 Å². The number of aryl methyl sites for hydroxylation is 1. The zero-order valence-electron chi connectivity index (χ0n) is 14.8. The van der Waals surface area contributed by atoms with Crippen LogP contribution in [0.25, 0.3) is 11.3 Å². The first-order valence-corrected chi connectivity index (χ1v) is 9.19. The molecule has 1 saturated heterocycles. The van der Waals surface area contributed by atoms with Gasteiger partial charge in [-0.25, -0.2) is 4.98 Å². The molecule has 6 nitrogen and oxygen atoms in total. The summed E-state index contributed by atoms with van der Waals surface area (Å²) in [5.41, 5.74) is 17.6. The lowest BCUT2D eigenvalue weighted by atomic mass is 9.91. The molecule has 0 saturated carbocycles. The van der Waals surface area contributed by atoms with Gasteiger partial charge in [0.05, 0.1) is 5.69 Å². The number of nitrogens with one attached hydrogen (secondary N) is 1. The molecule has 1 aromatic heterocycles. The summed E-state index contributed by atoms with van der Waals surface area (Å²) in [6.45, 7) is 6.08. The number of anilines is 3. The van der Waals surface area contributed by atoms with Crippen molar-refractivity contribution in [2.45, 2.75) is 32.1 Å². The van der Waals surface area contributed by atoms with Gasteiger partial charge in [-0.3, -0.25) is 0 Å². The Morgan fingerprint density at radius 2 is 2.00 bits per heavy atom. The molecule has 1 atom stereocenters. The molecular formula is C19H26N6. The zero-order valence-corrected chi connectivity index (χ0v) is 14.8. The van der Waals surface area contributed by atoms with Crippen LogP contribution in [0.5, 0.6) is 0 Å². The number of rotatable bonds is 2.